The number of anilines is 2. The Labute approximate surface area is 189 Å². The van der Waals surface area contributed by atoms with Crippen molar-refractivity contribution in [3.05, 3.63) is 69.3 Å². The third-order valence-corrected chi connectivity index (χ3v) is 6.02. The van der Waals surface area contributed by atoms with Gasteiger partial charge in [-0.2, -0.15) is 13.2 Å². The van der Waals surface area contributed by atoms with Gasteiger partial charge in [0.25, 0.3) is 0 Å². The van der Waals surface area contributed by atoms with Gasteiger partial charge in [-0.25, -0.2) is 14.4 Å². The minimum absolute atomic E-state index is 0.0473. The number of alkyl halides is 3. The van der Waals surface area contributed by atoms with Gasteiger partial charge in [-0.05, 0) is 60.4 Å². The quantitative estimate of drug-likeness (QED) is 0.350. The van der Waals surface area contributed by atoms with Gasteiger partial charge in [0.2, 0.25) is 5.95 Å². The van der Waals surface area contributed by atoms with E-state index in [0.717, 1.165) is 28.1 Å². The molecule has 0 bridgehead atoms. The summed E-state index contributed by atoms with van der Waals surface area (Å²) >= 11 is 7.46. The number of H-pyrrole nitrogens is 1. The van der Waals surface area contributed by atoms with Crippen molar-refractivity contribution in [1.82, 2.24) is 19.4 Å². The van der Waals surface area contributed by atoms with E-state index in [9.17, 15) is 13.2 Å². The molecule has 6 nitrogen and oxygen atoms in total. The Morgan fingerprint density at radius 3 is 2.88 bits per heavy atom. The third-order valence-electron chi connectivity index (χ3n) is 4.92. The first-order valence-corrected chi connectivity index (χ1v) is 10.6. The summed E-state index contributed by atoms with van der Waals surface area (Å²) in [6.45, 7) is 2.50. The molecule has 11 heteroatoms. The highest BCUT2D eigenvalue weighted by molar-refractivity contribution is 7.06. The lowest BCUT2D eigenvalue weighted by atomic mass is 10.2. The monoisotopic (exact) mass is 477 g/mol. The first kappa shape index (κ1) is 20.7. The zero-order chi connectivity index (χ0) is 22.5. The summed E-state index contributed by atoms with van der Waals surface area (Å²) in [5, 5.41) is 4.74. The van der Waals surface area contributed by atoms with Crippen LogP contribution in [0, 0.1) is 6.92 Å². The molecule has 0 radical (unpaired) electrons. The highest BCUT2D eigenvalue weighted by Crippen LogP contribution is 2.35. The molecule has 1 aliphatic rings. The second-order valence-corrected chi connectivity index (χ2v) is 8.48. The Balaban J connectivity index is 1.33. The number of hydrogen-bond acceptors (Lipinski definition) is 6. The van der Waals surface area contributed by atoms with Crippen LogP contribution in [0.4, 0.5) is 24.8 Å². The number of fused-ring (bicyclic) bond motifs is 2. The molecule has 0 spiro atoms. The maximum absolute atomic E-state index is 13.0. The van der Waals surface area contributed by atoms with Gasteiger partial charge in [0.05, 0.1) is 33.0 Å². The van der Waals surface area contributed by atoms with Crippen molar-refractivity contribution in [3.63, 3.8) is 0 Å². The number of hydrogen-bond donors (Lipinski definition) is 2. The summed E-state index contributed by atoms with van der Waals surface area (Å²) in [6.07, 6.45) is 1.15. The van der Waals surface area contributed by atoms with Crippen LogP contribution in [0.5, 0.6) is 5.75 Å². The molecule has 0 unspecified atom stereocenters. The van der Waals surface area contributed by atoms with Gasteiger partial charge in [-0.15, -0.1) is 0 Å². The van der Waals surface area contributed by atoms with Crippen LogP contribution in [-0.2, 0) is 12.7 Å². The highest BCUT2D eigenvalue weighted by atomic mass is 35.5. The lowest BCUT2D eigenvalue weighted by Gasteiger charge is -2.24. The molecular weight excluding hydrogens is 463 g/mol. The Hall–Kier alpha value is -3.24. The molecule has 1 aliphatic heterocycles. The van der Waals surface area contributed by atoms with Crippen LogP contribution in [0.3, 0.4) is 0 Å². The van der Waals surface area contributed by atoms with Gasteiger partial charge < -0.3 is 15.1 Å². The summed E-state index contributed by atoms with van der Waals surface area (Å²) in [5.74, 6) is 0.958. The average Bonchev–Trinajstić information content (AvgIpc) is 3.35. The number of aromatic nitrogens is 3. The lowest BCUT2D eigenvalue weighted by Crippen LogP contribution is -2.23. The van der Waals surface area contributed by atoms with Gasteiger partial charge in [0.1, 0.15) is 0 Å². The number of benzene rings is 2. The molecule has 164 valence electrons. The first-order valence-electron chi connectivity index (χ1n) is 9.47. The predicted octanol–water partition coefficient (Wildman–Crippen LogP) is 6.52. The number of nitrogens with one attached hydrogen (secondary N) is 2. The topological polar surface area (TPSA) is 66.1 Å². The SMILES string of the molecule is Cc1cc(Nc2nc3cc(C(F)(F)F)cc(Cl)c3[nH]2)ccc1ON1C=Cc2sncc2C1. The molecule has 0 saturated heterocycles. The van der Waals surface area contributed by atoms with E-state index in [1.165, 1.54) is 11.5 Å². The zero-order valence-electron chi connectivity index (χ0n) is 16.5. The molecular formula is C21H15ClF3N5OS. The van der Waals surface area contributed by atoms with E-state index in [4.69, 9.17) is 16.4 Å². The van der Waals surface area contributed by atoms with E-state index in [0.29, 0.717) is 23.5 Å². The van der Waals surface area contributed by atoms with Crippen molar-refractivity contribution >= 4 is 51.9 Å². The fourth-order valence-electron chi connectivity index (χ4n) is 3.35. The maximum atomic E-state index is 13.0. The summed E-state index contributed by atoms with van der Waals surface area (Å²) in [5.41, 5.74) is 2.28. The summed E-state index contributed by atoms with van der Waals surface area (Å²) in [7, 11) is 0. The van der Waals surface area contributed by atoms with E-state index in [-0.39, 0.29) is 16.5 Å². The fourth-order valence-corrected chi connectivity index (χ4v) is 4.26. The van der Waals surface area contributed by atoms with Crippen LogP contribution in [0.1, 0.15) is 21.6 Å². The molecule has 0 amide bonds. The van der Waals surface area contributed by atoms with Gasteiger partial charge in [0, 0.05) is 23.6 Å². The number of aryl methyl sites for hydroxylation is 1. The fraction of sp³-hybridized carbons (Fsp3) is 0.143. The van der Waals surface area contributed by atoms with Gasteiger partial charge in [-0.3, -0.25) is 0 Å². The third kappa shape index (κ3) is 3.98. The normalized spacial score (nSPS) is 13.5. The predicted molar refractivity (Wildman–Crippen MR) is 118 cm³/mol. The van der Waals surface area contributed by atoms with E-state index >= 15 is 0 Å². The van der Waals surface area contributed by atoms with Crippen LogP contribution in [0.2, 0.25) is 5.02 Å². The number of aromatic amines is 1. The molecule has 0 atom stereocenters. The smallest absolute Gasteiger partial charge is 0.380 e. The van der Waals surface area contributed by atoms with Crippen molar-refractivity contribution in [2.75, 3.05) is 5.32 Å². The van der Waals surface area contributed by atoms with Crippen molar-refractivity contribution < 1.29 is 18.0 Å². The van der Waals surface area contributed by atoms with Crippen LogP contribution in [0.15, 0.2) is 42.7 Å². The second-order valence-electron chi connectivity index (χ2n) is 7.24. The van der Waals surface area contributed by atoms with Gasteiger partial charge >= 0.3 is 6.18 Å². The molecule has 2 aromatic carbocycles. The highest BCUT2D eigenvalue weighted by Gasteiger charge is 2.31. The Morgan fingerprint density at radius 1 is 1.25 bits per heavy atom. The van der Waals surface area contributed by atoms with E-state index in [2.05, 4.69) is 19.7 Å². The van der Waals surface area contributed by atoms with Crippen molar-refractivity contribution in [2.24, 2.45) is 0 Å². The Kier molecular flexibility index (Phi) is 4.98. The largest absolute Gasteiger partial charge is 0.416 e. The van der Waals surface area contributed by atoms with Crippen LogP contribution >= 0.6 is 23.1 Å². The molecule has 3 heterocycles. The number of nitrogens with zero attached hydrogens (tertiary/aromatic N) is 3. The van der Waals surface area contributed by atoms with Crippen LogP contribution < -0.4 is 10.2 Å². The van der Waals surface area contributed by atoms with Gasteiger partial charge in [0.15, 0.2) is 5.75 Å². The number of rotatable bonds is 4. The summed E-state index contributed by atoms with van der Waals surface area (Å²) in [6, 6.07) is 7.31. The number of hydroxylamine groups is 2. The van der Waals surface area contributed by atoms with Gasteiger partial charge in [-0.1, -0.05) is 11.6 Å². The van der Waals surface area contributed by atoms with E-state index in [1.807, 2.05) is 37.5 Å². The minimum Gasteiger partial charge on any atom is -0.380 e. The summed E-state index contributed by atoms with van der Waals surface area (Å²) in [4.78, 5) is 14.2. The second kappa shape index (κ2) is 7.72. The molecule has 0 aliphatic carbocycles. The average molecular weight is 478 g/mol. The summed E-state index contributed by atoms with van der Waals surface area (Å²) < 4.78 is 43.2. The standard InChI is InChI=1S/C21H15ClF3N5OS/c1-11-6-14(2-3-17(11)31-30-5-4-18-12(10-30)9-26-32-18)27-20-28-16-8-13(21(23,24)25)7-15(22)19(16)29-20/h2-9H,10H2,1H3,(H2,27,28,29). The van der Waals surface area contributed by atoms with Crippen LogP contribution in [-0.4, -0.2) is 19.4 Å². The molecule has 2 aromatic heterocycles. The molecule has 5 rings (SSSR count). The molecule has 0 saturated carbocycles. The zero-order valence-corrected chi connectivity index (χ0v) is 18.1. The van der Waals surface area contributed by atoms with Crippen molar-refractivity contribution in [2.45, 2.75) is 19.6 Å². The molecule has 32 heavy (non-hydrogen) atoms. The van der Waals surface area contributed by atoms with Crippen molar-refractivity contribution in [3.8, 4) is 5.75 Å². The number of halogens is 4. The van der Waals surface area contributed by atoms with E-state index < -0.39 is 11.7 Å². The Bertz CT molecular complexity index is 1350. The number of imidazole rings is 1. The minimum atomic E-state index is -4.50. The molecule has 2 N–H and O–H groups in total. The molecule has 4 aromatic rings. The van der Waals surface area contributed by atoms with E-state index in [1.54, 1.807) is 11.1 Å². The molecule has 0 fully saturated rings. The first-order chi connectivity index (χ1) is 15.3. The Morgan fingerprint density at radius 2 is 2.09 bits per heavy atom. The maximum Gasteiger partial charge on any atom is 0.416 e. The lowest BCUT2D eigenvalue weighted by molar-refractivity contribution is -0.137. The van der Waals surface area contributed by atoms with Crippen LogP contribution in [0.25, 0.3) is 17.1 Å². The van der Waals surface area contributed by atoms with Crippen molar-refractivity contribution in [1.29, 1.82) is 0 Å².